The van der Waals surface area contributed by atoms with Crippen LogP contribution >= 0.6 is 0 Å². The summed E-state index contributed by atoms with van der Waals surface area (Å²) in [6, 6.07) is 11.8. The minimum absolute atomic E-state index is 0.155. The van der Waals surface area contributed by atoms with Crippen LogP contribution in [0.1, 0.15) is 46.0 Å². The van der Waals surface area contributed by atoms with Gasteiger partial charge in [0.2, 0.25) is 5.91 Å². The van der Waals surface area contributed by atoms with Gasteiger partial charge in [0.05, 0.1) is 0 Å². The number of halogens is 1. The summed E-state index contributed by atoms with van der Waals surface area (Å²) in [5.41, 5.74) is 1.98. The van der Waals surface area contributed by atoms with Crippen LogP contribution in [0.15, 0.2) is 42.5 Å². The van der Waals surface area contributed by atoms with Gasteiger partial charge in [-0.15, -0.1) is 0 Å². The molecule has 6 heteroatoms. The molecule has 0 saturated heterocycles. The average molecular weight is 398 g/mol. The molecular formula is C23H27FN2O3. The molecular weight excluding hydrogens is 371 g/mol. The molecule has 154 valence electrons. The first-order valence-corrected chi connectivity index (χ1v) is 10.1. The van der Waals surface area contributed by atoms with Crippen molar-refractivity contribution in [3.8, 4) is 16.9 Å². The minimum atomic E-state index is -0.670. The molecule has 0 radical (unpaired) electrons. The van der Waals surface area contributed by atoms with E-state index >= 15 is 0 Å². The fourth-order valence-corrected chi connectivity index (χ4v) is 3.63. The van der Waals surface area contributed by atoms with Gasteiger partial charge in [-0.1, -0.05) is 31.9 Å². The summed E-state index contributed by atoms with van der Waals surface area (Å²) >= 11 is 0. The van der Waals surface area contributed by atoms with Crippen LogP contribution in [0.2, 0.25) is 0 Å². The summed E-state index contributed by atoms with van der Waals surface area (Å²) in [5.74, 6) is -0.478. The number of hydrogen-bond acceptors (Lipinski definition) is 3. The van der Waals surface area contributed by atoms with Crippen molar-refractivity contribution < 1.29 is 18.7 Å². The quantitative estimate of drug-likeness (QED) is 0.712. The van der Waals surface area contributed by atoms with Crippen molar-refractivity contribution in [3.63, 3.8) is 0 Å². The normalized spacial score (nSPS) is 15.0. The topological polar surface area (TPSA) is 67.4 Å². The van der Waals surface area contributed by atoms with E-state index in [1.54, 1.807) is 24.3 Å². The van der Waals surface area contributed by atoms with Crippen molar-refractivity contribution >= 4 is 17.5 Å². The summed E-state index contributed by atoms with van der Waals surface area (Å²) in [6.07, 6.45) is 4.08. The molecule has 0 aliphatic heterocycles. The van der Waals surface area contributed by atoms with E-state index < -0.39 is 11.9 Å². The van der Waals surface area contributed by atoms with E-state index in [1.165, 1.54) is 19.1 Å². The Balaban J connectivity index is 1.77. The number of ether oxygens (including phenoxy) is 1. The lowest BCUT2D eigenvalue weighted by Crippen LogP contribution is -2.42. The number of hydrogen-bond donors (Lipinski definition) is 2. The molecule has 2 amide bonds. The van der Waals surface area contributed by atoms with E-state index in [1.807, 2.05) is 13.0 Å². The molecule has 5 nitrogen and oxygen atoms in total. The van der Waals surface area contributed by atoms with Gasteiger partial charge < -0.3 is 15.4 Å². The largest absolute Gasteiger partial charge is 0.480 e. The highest BCUT2D eigenvalue weighted by Gasteiger charge is 2.24. The lowest BCUT2D eigenvalue weighted by Gasteiger charge is -2.20. The van der Waals surface area contributed by atoms with Crippen LogP contribution in [0.5, 0.6) is 5.75 Å². The Labute approximate surface area is 170 Å². The van der Waals surface area contributed by atoms with Crippen LogP contribution in [0.3, 0.4) is 0 Å². The lowest BCUT2D eigenvalue weighted by atomic mass is 10.0. The van der Waals surface area contributed by atoms with Gasteiger partial charge in [-0.2, -0.15) is 0 Å². The Morgan fingerprint density at radius 2 is 1.90 bits per heavy atom. The zero-order valence-electron chi connectivity index (χ0n) is 16.8. The molecule has 0 aromatic heterocycles. The molecule has 2 N–H and O–H groups in total. The van der Waals surface area contributed by atoms with E-state index in [0.29, 0.717) is 23.4 Å². The highest BCUT2D eigenvalue weighted by atomic mass is 19.1. The molecule has 1 aliphatic carbocycles. The van der Waals surface area contributed by atoms with Crippen molar-refractivity contribution in [1.82, 2.24) is 5.32 Å². The van der Waals surface area contributed by atoms with Gasteiger partial charge in [0.1, 0.15) is 11.6 Å². The Hall–Kier alpha value is -2.89. The first-order chi connectivity index (χ1) is 13.9. The van der Waals surface area contributed by atoms with Gasteiger partial charge >= 0.3 is 0 Å². The fourth-order valence-electron chi connectivity index (χ4n) is 3.63. The molecule has 2 aromatic carbocycles. The second-order valence-corrected chi connectivity index (χ2v) is 7.44. The maximum Gasteiger partial charge on any atom is 0.261 e. The van der Waals surface area contributed by atoms with Crippen LogP contribution in [0.25, 0.3) is 11.1 Å². The molecule has 1 unspecified atom stereocenters. The van der Waals surface area contributed by atoms with E-state index in [9.17, 15) is 14.0 Å². The third-order valence-electron chi connectivity index (χ3n) is 5.03. The first kappa shape index (κ1) is 20.8. The van der Waals surface area contributed by atoms with Crippen molar-refractivity contribution in [2.45, 2.75) is 58.1 Å². The van der Waals surface area contributed by atoms with Crippen molar-refractivity contribution in [1.29, 1.82) is 0 Å². The predicted molar refractivity (Wildman–Crippen MR) is 111 cm³/mol. The number of carbonyl (C=O) groups is 2. The predicted octanol–water partition coefficient (Wildman–Crippen LogP) is 4.67. The third kappa shape index (κ3) is 5.79. The zero-order chi connectivity index (χ0) is 20.8. The van der Waals surface area contributed by atoms with Gasteiger partial charge in [0.15, 0.2) is 6.10 Å². The number of carbonyl (C=O) groups excluding carboxylic acids is 2. The van der Waals surface area contributed by atoms with Crippen LogP contribution in [0.4, 0.5) is 10.1 Å². The van der Waals surface area contributed by atoms with E-state index in [2.05, 4.69) is 10.6 Å². The summed E-state index contributed by atoms with van der Waals surface area (Å²) in [4.78, 5) is 23.8. The first-order valence-electron chi connectivity index (χ1n) is 10.1. The van der Waals surface area contributed by atoms with Crippen LogP contribution in [0, 0.1) is 5.82 Å². The van der Waals surface area contributed by atoms with Crippen molar-refractivity contribution in [3.05, 3.63) is 48.3 Å². The molecule has 1 fully saturated rings. The highest BCUT2D eigenvalue weighted by Crippen LogP contribution is 2.28. The summed E-state index contributed by atoms with van der Waals surface area (Å²) in [6.45, 7) is 3.30. The Morgan fingerprint density at radius 1 is 1.14 bits per heavy atom. The van der Waals surface area contributed by atoms with Gasteiger partial charge in [-0.05, 0) is 54.7 Å². The number of rotatable bonds is 7. The summed E-state index contributed by atoms with van der Waals surface area (Å²) in [5, 5.41) is 5.76. The monoisotopic (exact) mass is 398 g/mol. The molecule has 2 aromatic rings. The Bertz CT molecular complexity index is 878. The molecule has 1 saturated carbocycles. The van der Waals surface area contributed by atoms with E-state index in [0.717, 1.165) is 31.2 Å². The molecule has 0 bridgehead atoms. The molecule has 29 heavy (non-hydrogen) atoms. The number of anilines is 1. The van der Waals surface area contributed by atoms with Crippen LogP contribution < -0.4 is 15.4 Å². The smallest absolute Gasteiger partial charge is 0.261 e. The molecule has 1 aliphatic rings. The van der Waals surface area contributed by atoms with E-state index in [4.69, 9.17) is 4.74 Å². The number of benzene rings is 2. The molecule has 1 atom stereocenters. The SMILES string of the molecule is CCC(Oc1cc(F)cc(-c2cccc(NC(C)=O)c2)c1)C(=O)NC1CCCC1. The highest BCUT2D eigenvalue weighted by molar-refractivity contribution is 5.89. The van der Waals surface area contributed by atoms with Gasteiger partial charge in [-0.25, -0.2) is 4.39 Å². The van der Waals surface area contributed by atoms with Crippen LogP contribution in [-0.2, 0) is 9.59 Å². The van der Waals surface area contributed by atoms with Crippen molar-refractivity contribution in [2.24, 2.45) is 0 Å². The van der Waals surface area contributed by atoms with Gasteiger partial charge in [-0.3, -0.25) is 9.59 Å². The van der Waals surface area contributed by atoms with Gasteiger partial charge in [0, 0.05) is 24.7 Å². The van der Waals surface area contributed by atoms with Gasteiger partial charge in [0.25, 0.3) is 5.91 Å². The lowest BCUT2D eigenvalue weighted by molar-refractivity contribution is -0.128. The fraction of sp³-hybridized carbons (Fsp3) is 0.391. The second-order valence-electron chi connectivity index (χ2n) is 7.44. The third-order valence-corrected chi connectivity index (χ3v) is 5.03. The second kappa shape index (κ2) is 9.54. The summed E-state index contributed by atoms with van der Waals surface area (Å²) in [7, 11) is 0. The van der Waals surface area contributed by atoms with Crippen LogP contribution in [-0.4, -0.2) is 24.0 Å². The number of amides is 2. The maximum absolute atomic E-state index is 14.3. The zero-order valence-corrected chi connectivity index (χ0v) is 16.8. The molecule has 3 rings (SSSR count). The van der Waals surface area contributed by atoms with Crippen molar-refractivity contribution in [2.75, 3.05) is 5.32 Å². The van der Waals surface area contributed by atoms with E-state index in [-0.39, 0.29) is 17.9 Å². The molecule has 0 heterocycles. The number of nitrogens with one attached hydrogen (secondary N) is 2. The standard InChI is InChI=1S/C23H27FN2O3/c1-3-22(23(28)26-19-8-4-5-9-19)29-21-13-17(11-18(24)14-21)16-7-6-10-20(12-16)25-15(2)27/h6-7,10-14,19,22H,3-5,8-9H2,1-2H3,(H,25,27)(H,26,28). The Morgan fingerprint density at radius 3 is 2.59 bits per heavy atom. The average Bonchev–Trinajstić information content (AvgIpc) is 3.18. The maximum atomic E-state index is 14.3. The summed E-state index contributed by atoms with van der Waals surface area (Å²) < 4.78 is 20.1. The Kier molecular flexibility index (Phi) is 6.86. The minimum Gasteiger partial charge on any atom is -0.480 e. The molecule has 0 spiro atoms.